The smallest absolute Gasteiger partial charge is 0.332 e. The number of fused-ring (bicyclic) bond motifs is 1. The van der Waals surface area contributed by atoms with Crippen LogP contribution < -0.4 is 16.1 Å². The molecule has 21 heavy (non-hydrogen) atoms. The molecule has 8 heteroatoms. The van der Waals surface area contributed by atoms with Crippen LogP contribution in [-0.4, -0.2) is 57.2 Å². The molecule has 1 fully saturated rings. The van der Waals surface area contributed by atoms with E-state index in [-0.39, 0.29) is 5.52 Å². The second kappa shape index (κ2) is 4.96. The van der Waals surface area contributed by atoms with Crippen molar-refractivity contribution in [3.8, 4) is 0 Å². The number of rotatable bonds is 1. The highest BCUT2D eigenvalue weighted by Crippen LogP contribution is 2.14. The zero-order chi connectivity index (χ0) is 15.1. The van der Waals surface area contributed by atoms with Crippen molar-refractivity contribution >= 4 is 17.0 Å². The van der Waals surface area contributed by atoms with Crippen LogP contribution in [0.15, 0.2) is 15.8 Å². The lowest BCUT2D eigenvalue weighted by Gasteiger charge is -2.33. The molecule has 1 aliphatic heterocycles. The highest BCUT2D eigenvalue weighted by molar-refractivity contribution is 5.70. The molecule has 1 aliphatic rings. The van der Waals surface area contributed by atoms with Crippen LogP contribution >= 0.6 is 0 Å². The lowest BCUT2D eigenvalue weighted by Crippen LogP contribution is -2.45. The molecule has 0 aliphatic carbocycles. The van der Waals surface area contributed by atoms with Crippen molar-refractivity contribution in [1.82, 2.24) is 24.0 Å². The van der Waals surface area contributed by atoms with E-state index in [0.29, 0.717) is 11.5 Å². The summed E-state index contributed by atoms with van der Waals surface area (Å²) in [6.07, 6.45) is 1.63. The van der Waals surface area contributed by atoms with Crippen LogP contribution in [-0.2, 0) is 14.1 Å². The number of nitrogens with zero attached hydrogens (tertiary/aromatic N) is 6. The predicted octanol–water partition coefficient (Wildman–Crippen LogP) is -1.22. The third-order valence-corrected chi connectivity index (χ3v) is 3.97. The van der Waals surface area contributed by atoms with Gasteiger partial charge < -0.3 is 9.80 Å². The fraction of sp³-hybridized carbons (Fsp3) is 0.538. The normalized spacial score (nSPS) is 16.6. The summed E-state index contributed by atoms with van der Waals surface area (Å²) < 4.78 is 2.41. The molecule has 8 nitrogen and oxygen atoms in total. The van der Waals surface area contributed by atoms with Gasteiger partial charge in [0.25, 0.3) is 5.56 Å². The fourth-order valence-electron chi connectivity index (χ4n) is 2.51. The standard InChI is InChI=1S/C13H18N6O2/c1-16-4-6-19(7-5-16)9-8-14-11-10(15-9)12(20)18(3)13(21)17(11)2/h8H,4-7H2,1-3H3. The number of hydrogen-bond donors (Lipinski definition) is 0. The Morgan fingerprint density at radius 2 is 1.67 bits per heavy atom. The number of aromatic nitrogens is 4. The maximum absolute atomic E-state index is 12.2. The van der Waals surface area contributed by atoms with Crippen molar-refractivity contribution < 1.29 is 0 Å². The number of likely N-dealkylation sites (N-methyl/N-ethyl adjacent to an activating group) is 1. The molecule has 0 saturated carbocycles. The third-order valence-electron chi connectivity index (χ3n) is 3.97. The first-order valence-electron chi connectivity index (χ1n) is 6.85. The van der Waals surface area contributed by atoms with Crippen molar-refractivity contribution in [2.75, 3.05) is 38.1 Å². The van der Waals surface area contributed by atoms with Crippen LogP contribution in [0.5, 0.6) is 0 Å². The Morgan fingerprint density at radius 1 is 1.00 bits per heavy atom. The molecule has 0 amide bonds. The Bertz CT molecular complexity index is 801. The maximum Gasteiger partial charge on any atom is 0.332 e. The average molecular weight is 290 g/mol. The Hall–Kier alpha value is -2.22. The van der Waals surface area contributed by atoms with Crippen LogP contribution in [0, 0.1) is 0 Å². The van der Waals surface area contributed by atoms with Crippen LogP contribution in [0.4, 0.5) is 5.82 Å². The van der Waals surface area contributed by atoms with E-state index in [4.69, 9.17) is 0 Å². The van der Waals surface area contributed by atoms with E-state index in [9.17, 15) is 9.59 Å². The molecular formula is C13H18N6O2. The van der Waals surface area contributed by atoms with Gasteiger partial charge in [-0.3, -0.25) is 13.9 Å². The summed E-state index contributed by atoms with van der Waals surface area (Å²) in [6.45, 7) is 3.60. The SMILES string of the molecule is CN1CCN(c2cnc3c(n2)c(=O)n(C)c(=O)n3C)CC1. The molecule has 0 bridgehead atoms. The number of aryl methyl sites for hydroxylation is 1. The first kappa shape index (κ1) is 13.7. The molecule has 3 rings (SSSR count). The van der Waals surface area contributed by atoms with Gasteiger partial charge in [-0.25, -0.2) is 14.8 Å². The van der Waals surface area contributed by atoms with E-state index in [1.807, 2.05) is 0 Å². The van der Waals surface area contributed by atoms with Gasteiger partial charge >= 0.3 is 5.69 Å². The zero-order valence-corrected chi connectivity index (χ0v) is 12.4. The molecule has 0 unspecified atom stereocenters. The summed E-state index contributed by atoms with van der Waals surface area (Å²) in [7, 11) is 5.12. The summed E-state index contributed by atoms with van der Waals surface area (Å²) in [4.78, 5) is 37.1. The Labute approximate surface area is 121 Å². The monoisotopic (exact) mass is 290 g/mol. The lowest BCUT2D eigenvalue weighted by atomic mass is 10.3. The Balaban J connectivity index is 2.12. The summed E-state index contributed by atoms with van der Waals surface area (Å²) in [5, 5.41) is 0. The van der Waals surface area contributed by atoms with Crippen LogP contribution in [0.25, 0.3) is 11.2 Å². The first-order chi connectivity index (χ1) is 9.99. The highest BCUT2D eigenvalue weighted by Gasteiger charge is 2.18. The second-order valence-corrected chi connectivity index (χ2v) is 5.40. The average Bonchev–Trinajstić information content (AvgIpc) is 2.51. The molecule has 0 radical (unpaired) electrons. The van der Waals surface area contributed by atoms with Gasteiger partial charge in [-0.15, -0.1) is 0 Å². The molecule has 0 atom stereocenters. The summed E-state index contributed by atoms with van der Waals surface area (Å²) in [5.41, 5.74) is -0.247. The van der Waals surface area contributed by atoms with Gasteiger partial charge in [0, 0.05) is 40.3 Å². The molecule has 2 aromatic heterocycles. The zero-order valence-electron chi connectivity index (χ0n) is 12.4. The summed E-state index contributed by atoms with van der Waals surface area (Å²) >= 11 is 0. The van der Waals surface area contributed by atoms with E-state index < -0.39 is 11.2 Å². The van der Waals surface area contributed by atoms with Crippen LogP contribution in [0.1, 0.15) is 0 Å². The predicted molar refractivity (Wildman–Crippen MR) is 79.7 cm³/mol. The topological polar surface area (TPSA) is 76.3 Å². The first-order valence-corrected chi connectivity index (χ1v) is 6.85. The number of piperazine rings is 1. The molecule has 0 N–H and O–H groups in total. The molecule has 1 saturated heterocycles. The van der Waals surface area contributed by atoms with Crippen molar-refractivity contribution in [3.05, 3.63) is 27.0 Å². The molecular weight excluding hydrogens is 272 g/mol. The molecule has 112 valence electrons. The minimum Gasteiger partial charge on any atom is -0.353 e. The summed E-state index contributed by atoms with van der Waals surface area (Å²) in [5.74, 6) is 0.686. The van der Waals surface area contributed by atoms with Crippen molar-refractivity contribution in [2.24, 2.45) is 14.1 Å². The van der Waals surface area contributed by atoms with Crippen molar-refractivity contribution in [1.29, 1.82) is 0 Å². The van der Waals surface area contributed by atoms with Crippen molar-refractivity contribution in [2.45, 2.75) is 0 Å². The molecule has 2 aromatic rings. The van der Waals surface area contributed by atoms with Gasteiger partial charge in [-0.2, -0.15) is 0 Å². The van der Waals surface area contributed by atoms with Crippen molar-refractivity contribution in [3.63, 3.8) is 0 Å². The highest BCUT2D eigenvalue weighted by atomic mass is 16.2. The minimum absolute atomic E-state index is 0.232. The molecule has 0 aromatic carbocycles. The second-order valence-electron chi connectivity index (χ2n) is 5.40. The molecule has 0 spiro atoms. The van der Waals surface area contributed by atoms with E-state index in [1.165, 1.54) is 11.6 Å². The summed E-state index contributed by atoms with van der Waals surface area (Å²) in [6, 6.07) is 0. The quantitative estimate of drug-likeness (QED) is 0.655. The van der Waals surface area contributed by atoms with E-state index in [2.05, 4.69) is 26.8 Å². The largest absolute Gasteiger partial charge is 0.353 e. The molecule has 3 heterocycles. The Kier molecular flexibility index (Phi) is 3.25. The van der Waals surface area contributed by atoms with Gasteiger partial charge in [0.2, 0.25) is 0 Å². The van der Waals surface area contributed by atoms with Gasteiger partial charge in [0.05, 0.1) is 6.20 Å². The Morgan fingerprint density at radius 3 is 2.33 bits per heavy atom. The van der Waals surface area contributed by atoms with Gasteiger partial charge in [-0.05, 0) is 7.05 Å². The van der Waals surface area contributed by atoms with Crippen LogP contribution in [0.3, 0.4) is 0 Å². The lowest BCUT2D eigenvalue weighted by molar-refractivity contribution is 0.312. The van der Waals surface area contributed by atoms with E-state index in [0.717, 1.165) is 30.7 Å². The van der Waals surface area contributed by atoms with E-state index >= 15 is 0 Å². The maximum atomic E-state index is 12.2. The van der Waals surface area contributed by atoms with E-state index in [1.54, 1.807) is 13.2 Å². The van der Waals surface area contributed by atoms with Crippen LogP contribution in [0.2, 0.25) is 0 Å². The number of anilines is 1. The fourth-order valence-corrected chi connectivity index (χ4v) is 2.51. The number of hydrogen-bond acceptors (Lipinski definition) is 6. The minimum atomic E-state index is -0.406. The van der Waals surface area contributed by atoms with Gasteiger partial charge in [0.1, 0.15) is 5.82 Å². The van der Waals surface area contributed by atoms with Gasteiger partial charge in [-0.1, -0.05) is 0 Å². The van der Waals surface area contributed by atoms with Gasteiger partial charge in [0.15, 0.2) is 11.2 Å². The third kappa shape index (κ3) is 2.21.